The van der Waals surface area contributed by atoms with E-state index in [-0.39, 0.29) is 5.91 Å². The minimum absolute atomic E-state index is 0.298. The summed E-state index contributed by atoms with van der Waals surface area (Å²) in [6, 6.07) is 11.8. The first kappa shape index (κ1) is 16.6. The summed E-state index contributed by atoms with van der Waals surface area (Å²) < 4.78 is 30.8. The molecule has 0 aliphatic carbocycles. The molecule has 1 atom stereocenters. The van der Waals surface area contributed by atoms with Gasteiger partial charge in [-0.1, -0.05) is 23.7 Å². The minimum atomic E-state index is -3.45. The van der Waals surface area contributed by atoms with Crippen LogP contribution in [0.25, 0.3) is 0 Å². The number of nitrogens with one attached hydrogen (secondary N) is 2. The monoisotopic (exact) mass is 366 g/mol. The molecule has 8 heteroatoms. The summed E-state index contributed by atoms with van der Waals surface area (Å²) in [5.74, 6) is 0.271. The third-order valence-corrected chi connectivity index (χ3v) is 4.30. The smallest absolute Gasteiger partial charge is 0.265 e. The van der Waals surface area contributed by atoms with E-state index >= 15 is 0 Å². The molecule has 2 aromatic rings. The number of para-hydroxylation sites is 2. The van der Waals surface area contributed by atoms with Gasteiger partial charge in [-0.2, -0.15) is 0 Å². The summed E-state index contributed by atoms with van der Waals surface area (Å²) in [5, 5.41) is 3.29. The number of hydrogen-bond donors (Lipinski definition) is 2. The lowest BCUT2D eigenvalue weighted by atomic mass is 10.1. The molecule has 0 aromatic heterocycles. The van der Waals surface area contributed by atoms with Gasteiger partial charge in [0.15, 0.2) is 6.10 Å². The fourth-order valence-electron chi connectivity index (χ4n) is 2.46. The van der Waals surface area contributed by atoms with Gasteiger partial charge in [-0.15, -0.1) is 0 Å². The molecule has 6 nitrogen and oxygen atoms in total. The van der Waals surface area contributed by atoms with Gasteiger partial charge in [0, 0.05) is 11.4 Å². The number of halogens is 1. The normalized spacial score (nSPS) is 16.2. The number of carbonyl (C=O) groups is 1. The molecular formula is C16H15ClN2O4S. The summed E-state index contributed by atoms with van der Waals surface area (Å²) >= 11 is 5.94. The average molecular weight is 367 g/mol. The highest BCUT2D eigenvalue weighted by Crippen LogP contribution is 2.32. The van der Waals surface area contributed by atoms with Crippen LogP contribution in [0.15, 0.2) is 42.5 Å². The van der Waals surface area contributed by atoms with Crippen LogP contribution in [0.1, 0.15) is 5.56 Å². The molecule has 0 unspecified atom stereocenters. The molecule has 1 aliphatic rings. The number of fused-ring (bicyclic) bond motifs is 1. The second kappa shape index (κ2) is 6.33. The molecule has 3 rings (SSSR count). The van der Waals surface area contributed by atoms with E-state index in [0.29, 0.717) is 28.6 Å². The highest BCUT2D eigenvalue weighted by molar-refractivity contribution is 7.92. The first-order valence-corrected chi connectivity index (χ1v) is 9.41. The standard InChI is InChI=1S/C16H15ClN2O4S/c1-24(21,22)19-13-5-3-2-4-12(13)18-16(20)15-9-10-8-11(17)6-7-14(10)23-15/h2-8,15,19H,9H2,1H3,(H,18,20)/t15-/m0/s1. The Hall–Kier alpha value is -2.25. The largest absolute Gasteiger partial charge is 0.480 e. The molecule has 1 aliphatic heterocycles. The summed E-state index contributed by atoms with van der Waals surface area (Å²) in [6.45, 7) is 0. The zero-order valence-corrected chi connectivity index (χ0v) is 14.3. The van der Waals surface area contributed by atoms with Crippen molar-refractivity contribution in [3.8, 4) is 5.75 Å². The van der Waals surface area contributed by atoms with Gasteiger partial charge in [0.05, 0.1) is 17.6 Å². The van der Waals surface area contributed by atoms with Crippen LogP contribution in [-0.2, 0) is 21.2 Å². The Morgan fingerprint density at radius 2 is 1.92 bits per heavy atom. The predicted octanol–water partition coefficient (Wildman–Crippen LogP) is 2.65. The lowest BCUT2D eigenvalue weighted by Gasteiger charge is -2.14. The molecule has 0 saturated carbocycles. The fourth-order valence-corrected chi connectivity index (χ4v) is 3.23. The van der Waals surface area contributed by atoms with Crippen LogP contribution in [0.4, 0.5) is 11.4 Å². The Labute approximate surface area is 144 Å². The van der Waals surface area contributed by atoms with Crippen molar-refractivity contribution in [1.29, 1.82) is 0 Å². The van der Waals surface area contributed by atoms with E-state index in [2.05, 4.69) is 10.0 Å². The zero-order chi connectivity index (χ0) is 17.3. The summed E-state index contributed by atoms with van der Waals surface area (Å²) in [6.07, 6.45) is 0.764. The van der Waals surface area contributed by atoms with Gasteiger partial charge in [-0.25, -0.2) is 8.42 Å². The molecule has 0 spiro atoms. The van der Waals surface area contributed by atoms with E-state index in [1.165, 1.54) is 0 Å². The van der Waals surface area contributed by atoms with E-state index in [1.54, 1.807) is 42.5 Å². The van der Waals surface area contributed by atoms with E-state index in [0.717, 1.165) is 11.8 Å². The third-order valence-electron chi connectivity index (χ3n) is 3.47. The molecule has 0 bridgehead atoms. The number of sulfonamides is 1. The number of ether oxygens (including phenoxy) is 1. The summed E-state index contributed by atoms with van der Waals surface area (Å²) in [7, 11) is -3.45. The first-order chi connectivity index (χ1) is 11.3. The van der Waals surface area contributed by atoms with Gasteiger partial charge < -0.3 is 10.1 Å². The van der Waals surface area contributed by atoms with Crippen molar-refractivity contribution in [2.24, 2.45) is 0 Å². The fraction of sp³-hybridized carbons (Fsp3) is 0.188. The van der Waals surface area contributed by atoms with Crippen molar-refractivity contribution in [3.05, 3.63) is 53.1 Å². The van der Waals surface area contributed by atoms with Gasteiger partial charge in [-0.05, 0) is 35.9 Å². The van der Waals surface area contributed by atoms with Crippen LogP contribution in [0.2, 0.25) is 5.02 Å². The number of carbonyl (C=O) groups excluding carboxylic acids is 1. The maximum absolute atomic E-state index is 12.4. The van der Waals surface area contributed by atoms with Crippen LogP contribution in [0, 0.1) is 0 Å². The van der Waals surface area contributed by atoms with E-state index < -0.39 is 16.1 Å². The van der Waals surface area contributed by atoms with E-state index in [4.69, 9.17) is 16.3 Å². The maximum Gasteiger partial charge on any atom is 0.265 e. The Morgan fingerprint density at radius 1 is 1.21 bits per heavy atom. The van der Waals surface area contributed by atoms with Crippen LogP contribution >= 0.6 is 11.6 Å². The number of amides is 1. The van der Waals surface area contributed by atoms with Gasteiger partial charge in [-0.3, -0.25) is 9.52 Å². The average Bonchev–Trinajstić information content (AvgIpc) is 2.91. The Balaban J connectivity index is 1.75. The molecule has 126 valence electrons. The lowest BCUT2D eigenvalue weighted by molar-refractivity contribution is -0.122. The molecule has 24 heavy (non-hydrogen) atoms. The second-order valence-electron chi connectivity index (χ2n) is 5.47. The summed E-state index contributed by atoms with van der Waals surface area (Å²) in [5.41, 5.74) is 1.53. The highest BCUT2D eigenvalue weighted by Gasteiger charge is 2.29. The van der Waals surface area contributed by atoms with Gasteiger partial charge in [0.1, 0.15) is 5.75 Å². The molecular weight excluding hydrogens is 352 g/mol. The van der Waals surface area contributed by atoms with Crippen molar-refractivity contribution in [3.63, 3.8) is 0 Å². The number of benzene rings is 2. The molecule has 0 saturated heterocycles. The van der Waals surface area contributed by atoms with Crippen LogP contribution in [0.3, 0.4) is 0 Å². The topological polar surface area (TPSA) is 84.5 Å². The van der Waals surface area contributed by atoms with Gasteiger partial charge >= 0.3 is 0 Å². The van der Waals surface area contributed by atoms with Crippen LogP contribution in [-0.4, -0.2) is 26.7 Å². The molecule has 2 N–H and O–H groups in total. The second-order valence-corrected chi connectivity index (χ2v) is 7.66. The third kappa shape index (κ3) is 3.80. The quantitative estimate of drug-likeness (QED) is 0.871. The first-order valence-electron chi connectivity index (χ1n) is 7.14. The number of hydrogen-bond acceptors (Lipinski definition) is 4. The number of rotatable bonds is 4. The van der Waals surface area contributed by atoms with Crippen molar-refractivity contribution in [1.82, 2.24) is 0 Å². The molecule has 2 aromatic carbocycles. The minimum Gasteiger partial charge on any atom is -0.480 e. The molecule has 1 heterocycles. The Bertz CT molecular complexity index is 899. The highest BCUT2D eigenvalue weighted by atomic mass is 35.5. The maximum atomic E-state index is 12.4. The van der Waals surface area contributed by atoms with Gasteiger partial charge in [0.2, 0.25) is 10.0 Å². The lowest BCUT2D eigenvalue weighted by Crippen LogP contribution is -2.31. The van der Waals surface area contributed by atoms with Crippen LogP contribution in [0.5, 0.6) is 5.75 Å². The zero-order valence-electron chi connectivity index (χ0n) is 12.7. The predicted molar refractivity (Wildman–Crippen MR) is 93.1 cm³/mol. The van der Waals surface area contributed by atoms with Gasteiger partial charge in [0.25, 0.3) is 5.91 Å². The van der Waals surface area contributed by atoms with E-state index in [9.17, 15) is 13.2 Å². The van der Waals surface area contributed by atoms with Crippen molar-refractivity contribution < 1.29 is 17.9 Å². The Kier molecular flexibility index (Phi) is 4.38. The molecule has 1 amide bonds. The SMILES string of the molecule is CS(=O)(=O)Nc1ccccc1NC(=O)[C@@H]1Cc2cc(Cl)ccc2O1. The van der Waals surface area contributed by atoms with Crippen molar-refractivity contribution in [2.45, 2.75) is 12.5 Å². The Morgan fingerprint density at radius 3 is 2.62 bits per heavy atom. The van der Waals surface area contributed by atoms with Crippen LogP contribution < -0.4 is 14.8 Å². The van der Waals surface area contributed by atoms with Crippen molar-refractivity contribution in [2.75, 3.05) is 16.3 Å². The van der Waals surface area contributed by atoms with Crippen molar-refractivity contribution >= 4 is 38.9 Å². The molecule has 0 fully saturated rings. The van der Waals surface area contributed by atoms with E-state index in [1.807, 2.05) is 0 Å². The molecule has 0 radical (unpaired) electrons. The number of anilines is 2. The summed E-state index contributed by atoms with van der Waals surface area (Å²) in [4.78, 5) is 12.4.